The van der Waals surface area contributed by atoms with E-state index in [1.54, 1.807) is 0 Å². The number of carbonyl (C=O) groups is 1. The zero-order chi connectivity index (χ0) is 21.0. The maximum Gasteiger partial charge on any atom is 0.251 e. The van der Waals surface area contributed by atoms with Crippen molar-refractivity contribution in [3.63, 3.8) is 0 Å². The van der Waals surface area contributed by atoms with Gasteiger partial charge in [-0.25, -0.2) is 9.97 Å². The Kier molecular flexibility index (Phi) is 6.60. The molecule has 0 saturated heterocycles. The van der Waals surface area contributed by atoms with Gasteiger partial charge in [-0.1, -0.05) is 30.3 Å². The molecule has 0 aliphatic carbocycles. The lowest BCUT2D eigenvalue weighted by Gasteiger charge is -2.29. The molecule has 0 saturated carbocycles. The molecule has 0 aliphatic heterocycles. The van der Waals surface area contributed by atoms with Gasteiger partial charge in [0, 0.05) is 30.7 Å². The highest BCUT2D eigenvalue weighted by Crippen LogP contribution is 2.15. The van der Waals surface area contributed by atoms with Crippen molar-refractivity contribution in [2.75, 3.05) is 6.54 Å². The van der Waals surface area contributed by atoms with Crippen LogP contribution >= 0.6 is 0 Å². The minimum atomic E-state index is -0.0807. The van der Waals surface area contributed by atoms with Gasteiger partial charge in [0.2, 0.25) is 0 Å². The molecular weight excluding hydrogens is 360 g/mol. The number of amides is 1. The first-order valence-corrected chi connectivity index (χ1v) is 10.2. The van der Waals surface area contributed by atoms with Crippen LogP contribution in [0.2, 0.25) is 0 Å². The molecule has 1 unspecified atom stereocenters. The molecule has 3 rings (SSSR count). The van der Waals surface area contributed by atoms with Crippen LogP contribution in [-0.2, 0) is 6.54 Å². The third-order valence-electron chi connectivity index (χ3n) is 5.18. The molecule has 152 valence electrons. The van der Waals surface area contributed by atoms with Crippen LogP contribution in [0.1, 0.15) is 48.1 Å². The SMILES string of the molecule is Cc1nc2ccc(C(=O)NC(C)CN(Cc3ccccc3)C(C)C)cc2nc1C. The lowest BCUT2D eigenvalue weighted by Crippen LogP contribution is -2.44. The number of carbonyl (C=O) groups excluding carboxylic acids is 1. The van der Waals surface area contributed by atoms with Gasteiger partial charge in [-0.15, -0.1) is 0 Å². The summed E-state index contributed by atoms with van der Waals surface area (Å²) < 4.78 is 0. The second-order valence-electron chi connectivity index (χ2n) is 7.98. The predicted molar refractivity (Wildman–Crippen MR) is 118 cm³/mol. The summed E-state index contributed by atoms with van der Waals surface area (Å²) in [5.41, 5.74) is 5.25. The molecule has 1 amide bonds. The molecule has 0 aliphatic rings. The summed E-state index contributed by atoms with van der Waals surface area (Å²) in [5, 5.41) is 3.13. The minimum Gasteiger partial charge on any atom is -0.348 e. The molecule has 5 nitrogen and oxygen atoms in total. The number of hydrogen-bond acceptors (Lipinski definition) is 4. The monoisotopic (exact) mass is 390 g/mol. The summed E-state index contributed by atoms with van der Waals surface area (Å²) in [4.78, 5) is 24.3. The zero-order valence-corrected chi connectivity index (χ0v) is 17.9. The lowest BCUT2D eigenvalue weighted by atomic mass is 10.1. The van der Waals surface area contributed by atoms with Gasteiger partial charge in [0.15, 0.2) is 0 Å². The van der Waals surface area contributed by atoms with Crippen molar-refractivity contribution in [3.8, 4) is 0 Å². The van der Waals surface area contributed by atoms with Crippen LogP contribution in [0.15, 0.2) is 48.5 Å². The van der Waals surface area contributed by atoms with Gasteiger partial charge in [0.25, 0.3) is 5.91 Å². The highest BCUT2D eigenvalue weighted by Gasteiger charge is 2.17. The molecule has 0 radical (unpaired) electrons. The fraction of sp³-hybridized carbons (Fsp3) is 0.375. The smallest absolute Gasteiger partial charge is 0.251 e. The van der Waals surface area contributed by atoms with E-state index in [1.807, 2.05) is 45.0 Å². The van der Waals surface area contributed by atoms with Gasteiger partial charge in [-0.05, 0) is 58.4 Å². The Labute approximate surface area is 173 Å². The Morgan fingerprint density at radius 2 is 1.62 bits per heavy atom. The van der Waals surface area contributed by atoms with E-state index in [1.165, 1.54) is 5.56 Å². The molecular formula is C24H30N4O. The Hall–Kier alpha value is -2.79. The van der Waals surface area contributed by atoms with Crippen LogP contribution in [0, 0.1) is 13.8 Å². The molecule has 2 aromatic carbocycles. The first-order valence-electron chi connectivity index (χ1n) is 10.2. The van der Waals surface area contributed by atoms with Crippen LogP contribution < -0.4 is 5.32 Å². The summed E-state index contributed by atoms with van der Waals surface area (Å²) >= 11 is 0. The number of nitrogens with one attached hydrogen (secondary N) is 1. The highest BCUT2D eigenvalue weighted by molar-refractivity contribution is 5.97. The van der Waals surface area contributed by atoms with Crippen LogP contribution in [0.25, 0.3) is 11.0 Å². The topological polar surface area (TPSA) is 58.1 Å². The van der Waals surface area contributed by atoms with Crippen molar-refractivity contribution in [2.24, 2.45) is 0 Å². The van der Waals surface area contributed by atoms with Crippen LogP contribution in [0.4, 0.5) is 0 Å². The average Bonchev–Trinajstić information content (AvgIpc) is 2.68. The van der Waals surface area contributed by atoms with Crippen molar-refractivity contribution in [3.05, 3.63) is 71.0 Å². The van der Waals surface area contributed by atoms with Crippen molar-refractivity contribution < 1.29 is 4.79 Å². The van der Waals surface area contributed by atoms with Gasteiger partial charge in [0.05, 0.1) is 22.4 Å². The Morgan fingerprint density at radius 3 is 2.28 bits per heavy atom. The number of nitrogens with zero attached hydrogens (tertiary/aromatic N) is 3. The molecule has 1 aromatic heterocycles. The van der Waals surface area contributed by atoms with Crippen LogP contribution in [-0.4, -0.2) is 39.4 Å². The third-order valence-corrected chi connectivity index (χ3v) is 5.18. The van der Waals surface area contributed by atoms with Gasteiger partial charge in [-0.3, -0.25) is 9.69 Å². The van der Waals surface area contributed by atoms with Crippen LogP contribution in [0.5, 0.6) is 0 Å². The van der Waals surface area contributed by atoms with Crippen molar-refractivity contribution >= 4 is 16.9 Å². The van der Waals surface area contributed by atoms with E-state index < -0.39 is 0 Å². The lowest BCUT2D eigenvalue weighted by molar-refractivity contribution is 0.0921. The molecule has 5 heteroatoms. The second kappa shape index (κ2) is 9.14. The number of benzene rings is 2. The zero-order valence-electron chi connectivity index (χ0n) is 17.9. The molecule has 29 heavy (non-hydrogen) atoms. The largest absolute Gasteiger partial charge is 0.348 e. The summed E-state index contributed by atoms with van der Waals surface area (Å²) in [5.74, 6) is -0.0807. The van der Waals surface area contributed by atoms with Gasteiger partial charge >= 0.3 is 0 Å². The Morgan fingerprint density at radius 1 is 0.966 bits per heavy atom. The first-order chi connectivity index (χ1) is 13.8. The number of hydrogen-bond donors (Lipinski definition) is 1. The fourth-order valence-electron chi connectivity index (χ4n) is 3.35. The van der Waals surface area contributed by atoms with Crippen molar-refractivity contribution in [1.29, 1.82) is 0 Å². The third kappa shape index (κ3) is 5.39. The average molecular weight is 391 g/mol. The Balaban J connectivity index is 1.67. The Bertz CT molecular complexity index is 985. The van der Waals surface area contributed by atoms with Gasteiger partial charge < -0.3 is 5.32 Å². The molecule has 1 N–H and O–H groups in total. The molecule has 0 spiro atoms. The summed E-state index contributed by atoms with van der Waals surface area (Å²) in [6.07, 6.45) is 0. The molecule has 0 bridgehead atoms. The molecule has 1 heterocycles. The molecule has 0 fully saturated rings. The van der Waals surface area contributed by atoms with E-state index in [2.05, 4.69) is 58.3 Å². The van der Waals surface area contributed by atoms with Gasteiger partial charge in [0.1, 0.15) is 0 Å². The highest BCUT2D eigenvalue weighted by atomic mass is 16.1. The second-order valence-corrected chi connectivity index (χ2v) is 7.98. The quantitative estimate of drug-likeness (QED) is 0.654. The number of aryl methyl sites for hydroxylation is 2. The van der Waals surface area contributed by atoms with E-state index in [0.717, 1.165) is 35.5 Å². The normalized spacial score (nSPS) is 12.5. The maximum absolute atomic E-state index is 12.8. The molecule has 1 atom stereocenters. The first kappa shape index (κ1) is 20.9. The minimum absolute atomic E-state index is 0.0233. The standard InChI is InChI=1S/C24H30N4O/c1-16(2)28(15-20-9-7-6-8-10-20)14-17(3)25-24(29)21-11-12-22-23(13-21)27-19(5)18(4)26-22/h6-13,16-17H,14-15H2,1-5H3,(H,25,29). The van der Waals surface area contributed by atoms with Gasteiger partial charge in [-0.2, -0.15) is 0 Å². The van der Waals surface area contributed by atoms with E-state index in [-0.39, 0.29) is 11.9 Å². The molecule has 3 aromatic rings. The fourth-order valence-corrected chi connectivity index (χ4v) is 3.35. The van der Waals surface area contributed by atoms with Crippen molar-refractivity contribution in [1.82, 2.24) is 20.2 Å². The van der Waals surface area contributed by atoms with E-state index >= 15 is 0 Å². The van der Waals surface area contributed by atoms with E-state index in [9.17, 15) is 4.79 Å². The van der Waals surface area contributed by atoms with Crippen LogP contribution in [0.3, 0.4) is 0 Å². The number of aromatic nitrogens is 2. The maximum atomic E-state index is 12.8. The predicted octanol–water partition coefficient (Wildman–Crippen LogP) is 4.28. The van der Waals surface area contributed by atoms with E-state index in [4.69, 9.17) is 0 Å². The number of fused-ring (bicyclic) bond motifs is 1. The summed E-state index contributed by atoms with van der Waals surface area (Å²) in [7, 11) is 0. The summed E-state index contributed by atoms with van der Waals surface area (Å²) in [6, 6.07) is 16.3. The number of rotatable bonds is 7. The summed E-state index contributed by atoms with van der Waals surface area (Å²) in [6.45, 7) is 11.9. The van der Waals surface area contributed by atoms with E-state index in [0.29, 0.717) is 11.6 Å². The van der Waals surface area contributed by atoms with Crippen molar-refractivity contribution in [2.45, 2.75) is 53.2 Å².